The molecule has 1 unspecified atom stereocenters. The number of rotatable bonds is 5. The van der Waals surface area contributed by atoms with Crippen molar-refractivity contribution < 1.29 is 13.2 Å². The van der Waals surface area contributed by atoms with E-state index >= 15 is 0 Å². The molecule has 1 amide bonds. The summed E-state index contributed by atoms with van der Waals surface area (Å²) in [6.45, 7) is 1.57. The molecule has 0 radical (unpaired) electrons. The van der Waals surface area contributed by atoms with Crippen molar-refractivity contribution in [1.82, 2.24) is 18.4 Å². The third-order valence-electron chi connectivity index (χ3n) is 6.97. The zero-order valence-electron chi connectivity index (χ0n) is 16.3. The third-order valence-corrected chi connectivity index (χ3v) is 9.35. The molecule has 1 saturated heterocycles. The van der Waals surface area contributed by atoms with E-state index in [4.69, 9.17) is 0 Å². The summed E-state index contributed by atoms with van der Waals surface area (Å²) < 4.78 is 37.2. The van der Waals surface area contributed by atoms with Crippen molar-refractivity contribution in [2.24, 2.45) is 17.3 Å². The molecule has 29 heavy (non-hydrogen) atoms. The van der Waals surface area contributed by atoms with Crippen molar-refractivity contribution in [3.63, 3.8) is 0 Å². The number of amides is 1. The van der Waals surface area contributed by atoms with Crippen LogP contribution in [0.1, 0.15) is 44.9 Å². The Morgan fingerprint density at radius 2 is 2.00 bits per heavy atom. The highest BCUT2D eigenvalue weighted by atomic mass is 32.2. The van der Waals surface area contributed by atoms with E-state index in [1.165, 1.54) is 6.42 Å². The smallest absolute Gasteiger partial charge is 0.245 e. The Bertz CT molecular complexity index is 1030. The molecule has 3 aliphatic rings. The number of hydrogen-bond acceptors (Lipinski definition) is 6. The van der Waals surface area contributed by atoms with Crippen molar-refractivity contribution >= 4 is 38.7 Å². The number of nitrogens with zero attached hydrogens (tertiary/aromatic N) is 3. The maximum atomic E-state index is 13.5. The number of aromatic nitrogens is 2. The fourth-order valence-corrected chi connectivity index (χ4v) is 7.45. The highest BCUT2D eigenvalue weighted by Crippen LogP contribution is 2.49. The normalized spacial score (nSPS) is 24.9. The molecule has 2 aliphatic carbocycles. The minimum absolute atomic E-state index is 0.0314. The monoisotopic (exact) mass is 434 g/mol. The second-order valence-corrected chi connectivity index (χ2v) is 11.3. The first-order chi connectivity index (χ1) is 14.0. The van der Waals surface area contributed by atoms with Gasteiger partial charge < -0.3 is 5.32 Å². The molecule has 1 aromatic carbocycles. The lowest BCUT2D eigenvalue weighted by molar-refractivity contribution is -0.122. The average molecular weight is 435 g/mol. The van der Waals surface area contributed by atoms with Gasteiger partial charge in [0.05, 0.1) is 11.7 Å². The third kappa shape index (κ3) is 3.47. The number of fused-ring (bicyclic) bond motifs is 1. The van der Waals surface area contributed by atoms with Crippen LogP contribution in [0.25, 0.3) is 11.0 Å². The van der Waals surface area contributed by atoms with E-state index in [0.29, 0.717) is 30.7 Å². The lowest BCUT2D eigenvalue weighted by atomic mass is 9.68. The molecule has 2 aromatic rings. The van der Waals surface area contributed by atoms with Gasteiger partial charge in [0.25, 0.3) is 0 Å². The molecular weight excluding hydrogens is 408 g/mol. The van der Waals surface area contributed by atoms with Crippen molar-refractivity contribution in [3.05, 3.63) is 18.2 Å². The van der Waals surface area contributed by atoms with E-state index in [2.05, 4.69) is 14.1 Å². The van der Waals surface area contributed by atoms with Crippen molar-refractivity contribution in [3.8, 4) is 0 Å². The van der Waals surface area contributed by atoms with Crippen LogP contribution < -0.4 is 5.32 Å². The van der Waals surface area contributed by atoms with Crippen LogP contribution in [-0.4, -0.2) is 47.0 Å². The van der Waals surface area contributed by atoms with Crippen LogP contribution in [0, 0.1) is 17.3 Å². The van der Waals surface area contributed by atoms with Gasteiger partial charge in [-0.15, -0.1) is 0 Å². The van der Waals surface area contributed by atoms with Crippen LogP contribution in [-0.2, 0) is 14.8 Å². The molecule has 156 valence electrons. The Morgan fingerprint density at radius 3 is 2.76 bits per heavy atom. The Hall–Kier alpha value is -1.58. The molecule has 5 rings (SSSR count). The molecule has 1 aromatic heterocycles. The van der Waals surface area contributed by atoms with Gasteiger partial charge in [-0.1, -0.05) is 25.3 Å². The highest BCUT2D eigenvalue weighted by Gasteiger charge is 2.50. The van der Waals surface area contributed by atoms with Gasteiger partial charge in [0, 0.05) is 25.6 Å². The fraction of sp³-hybridized carbons (Fsp3) is 0.650. The van der Waals surface area contributed by atoms with Gasteiger partial charge >= 0.3 is 0 Å². The van der Waals surface area contributed by atoms with E-state index in [0.717, 1.165) is 50.3 Å². The molecule has 3 fully saturated rings. The standard InChI is InChI=1S/C20H26N4O3S2/c25-19(14-7-8-14)21-11-15-12-24(13-20(15)9-2-1-3-10-20)29(26,27)17-6-4-5-16-18(17)23-28-22-16/h4-6,14-15H,1-3,7-13H2,(H,21,25). The van der Waals surface area contributed by atoms with Gasteiger partial charge in [-0.25, -0.2) is 8.42 Å². The largest absolute Gasteiger partial charge is 0.356 e. The number of sulfonamides is 1. The van der Waals surface area contributed by atoms with Crippen LogP contribution in [0.3, 0.4) is 0 Å². The topological polar surface area (TPSA) is 92.3 Å². The lowest BCUT2D eigenvalue weighted by Gasteiger charge is -2.38. The summed E-state index contributed by atoms with van der Waals surface area (Å²) >= 11 is 1.04. The highest BCUT2D eigenvalue weighted by molar-refractivity contribution is 7.89. The maximum Gasteiger partial charge on any atom is 0.245 e. The average Bonchev–Trinajstić information content (AvgIpc) is 3.36. The summed E-state index contributed by atoms with van der Waals surface area (Å²) in [6, 6.07) is 5.16. The number of nitrogens with one attached hydrogen (secondary N) is 1. The second kappa shape index (κ2) is 7.28. The van der Waals surface area contributed by atoms with E-state index in [1.807, 2.05) is 0 Å². The summed E-state index contributed by atoms with van der Waals surface area (Å²) in [7, 11) is -3.66. The van der Waals surface area contributed by atoms with Gasteiger partial charge in [-0.05, 0) is 49.1 Å². The van der Waals surface area contributed by atoms with E-state index < -0.39 is 10.0 Å². The van der Waals surface area contributed by atoms with Gasteiger partial charge in [0.15, 0.2) is 0 Å². The predicted octanol–water partition coefficient (Wildman–Crippen LogP) is 2.79. The van der Waals surface area contributed by atoms with Crippen LogP contribution in [0.2, 0.25) is 0 Å². The first-order valence-corrected chi connectivity index (χ1v) is 12.7. The first kappa shape index (κ1) is 19.4. The van der Waals surface area contributed by atoms with Gasteiger partial charge in [-0.2, -0.15) is 13.1 Å². The number of hydrogen-bond donors (Lipinski definition) is 1. The SMILES string of the molecule is O=C(NCC1CN(S(=O)(=O)c2cccc3nsnc23)CC12CCCCC2)C1CC1. The van der Waals surface area contributed by atoms with Crippen LogP contribution in [0.4, 0.5) is 0 Å². The molecular formula is C20H26N4O3S2. The van der Waals surface area contributed by atoms with E-state index in [-0.39, 0.29) is 28.1 Å². The predicted molar refractivity (Wildman–Crippen MR) is 111 cm³/mol. The molecule has 1 atom stereocenters. The molecule has 9 heteroatoms. The molecule has 7 nitrogen and oxygen atoms in total. The minimum Gasteiger partial charge on any atom is -0.356 e. The summed E-state index contributed by atoms with van der Waals surface area (Å²) in [4.78, 5) is 12.4. The Labute approximate surface area is 175 Å². The van der Waals surface area contributed by atoms with Crippen molar-refractivity contribution in [2.75, 3.05) is 19.6 Å². The minimum atomic E-state index is -3.66. The summed E-state index contributed by atoms with van der Waals surface area (Å²) in [5, 5.41) is 3.11. The molecule has 2 saturated carbocycles. The number of benzene rings is 1. The van der Waals surface area contributed by atoms with Crippen molar-refractivity contribution in [2.45, 2.75) is 49.8 Å². The Morgan fingerprint density at radius 1 is 1.21 bits per heavy atom. The Balaban J connectivity index is 1.42. The van der Waals surface area contributed by atoms with Crippen molar-refractivity contribution in [1.29, 1.82) is 0 Å². The second-order valence-electron chi connectivity index (χ2n) is 8.83. The molecule has 1 aliphatic heterocycles. The zero-order chi connectivity index (χ0) is 20.1. The summed E-state index contributed by atoms with van der Waals surface area (Å²) in [6.07, 6.45) is 7.50. The quantitative estimate of drug-likeness (QED) is 0.781. The summed E-state index contributed by atoms with van der Waals surface area (Å²) in [5.41, 5.74) is 1.05. The van der Waals surface area contributed by atoms with E-state index in [1.54, 1.807) is 22.5 Å². The van der Waals surface area contributed by atoms with Crippen LogP contribution >= 0.6 is 11.7 Å². The number of carbonyl (C=O) groups is 1. The Kier molecular flexibility index (Phi) is 4.87. The van der Waals surface area contributed by atoms with Gasteiger partial charge in [-0.3, -0.25) is 4.79 Å². The first-order valence-electron chi connectivity index (χ1n) is 10.5. The molecule has 2 heterocycles. The van der Waals surface area contributed by atoms with E-state index in [9.17, 15) is 13.2 Å². The zero-order valence-corrected chi connectivity index (χ0v) is 18.0. The fourth-order valence-electron chi connectivity index (χ4n) is 5.11. The van der Waals surface area contributed by atoms with Crippen LogP contribution in [0.15, 0.2) is 23.1 Å². The molecule has 1 spiro atoms. The van der Waals surface area contributed by atoms with Crippen LogP contribution in [0.5, 0.6) is 0 Å². The van der Waals surface area contributed by atoms with Gasteiger partial charge in [0.2, 0.25) is 15.9 Å². The lowest BCUT2D eigenvalue weighted by Crippen LogP contribution is -2.40. The number of carbonyl (C=O) groups excluding carboxylic acids is 1. The molecule has 1 N–H and O–H groups in total. The summed E-state index contributed by atoms with van der Waals surface area (Å²) in [5.74, 6) is 0.469. The van der Waals surface area contributed by atoms with Gasteiger partial charge in [0.1, 0.15) is 15.9 Å². The maximum absolute atomic E-state index is 13.5. The molecule has 0 bridgehead atoms.